The molecule has 0 radical (unpaired) electrons. The number of likely N-dealkylation sites (tertiary alicyclic amines) is 1. The van der Waals surface area contributed by atoms with Crippen LogP contribution in [0.25, 0.3) is 0 Å². The lowest BCUT2D eigenvalue weighted by atomic mass is 9.87. The van der Waals surface area contributed by atoms with Crippen LogP contribution in [-0.2, 0) is 4.79 Å². The minimum absolute atomic E-state index is 0.103. The number of likely N-dealkylation sites (N-methyl/N-ethyl adjacent to an activating group) is 1. The van der Waals surface area contributed by atoms with Crippen molar-refractivity contribution in [1.29, 1.82) is 0 Å². The molecule has 2 aliphatic rings. The van der Waals surface area contributed by atoms with Crippen molar-refractivity contribution in [1.82, 2.24) is 15.1 Å². The van der Waals surface area contributed by atoms with Crippen LogP contribution in [0, 0.1) is 0 Å². The molecule has 8 nitrogen and oxygen atoms in total. The van der Waals surface area contributed by atoms with E-state index in [0.29, 0.717) is 37.4 Å². The second-order valence-corrected chi connectivity index (χ2v) is 7.16. The van der Waals surface area contributed by atoms with Crippen LogP contribution >= 0.6 is 0 Å². The summed E-state index contributed by atoms with van der Waals surface area (Å²) in [6.07, 6.45) is 1.82. The second-order valence-electron chi connectivity index (χ2n) is 7.16. The standard InChI is InChI=1S/C19H26N4O4/c1-4-13(2)27-15-7-5-6-14(12-15)20-17(25)23-10-8-19(9-11-23)16(24)22(3)18(26)21-19/h5-7,12-13H,4,8-11H2,1-3H3,(H,20,25)(H,21,26). The van der Waals surface area contributed by atoms with E-state index in [2.05, 4.69) is 17.6 Å². The Morgan fingerprint density at radius 3 is 2.63 bits per heavy atom. The molecular weight excluding hydrogens is 348 g/mol. The van der Waals surface area contributed by atoms with E-state index in [4.69, 9.17) is 4.74 Å². The molecule has 2 aliphatic heterocycles. The number of nitrogens with one attached hydrogen (secondary N) is 2. The molecule has 5 amide bonds. The van der Waals surface area contributed by atoms with Gasteiger partial charge in [0.2, 0.25) is 0 Å². The highest BCUT2D eigenvalue weighted by Crippen LogP contribution is 2.29. The Balaban J connectivity index is 1.58. The maximum atomic E-state index is 12.6. The molecule has 1 aromatic rings. The fraction of sp³-hybridized carbons (Fsp3) is 0.526. The maximum absolute atomic E-state index is 12.6. The summed E-state index contributed by atoms with van der Waals surface area (Å²) in [6, 6.07) is 6.69. The summed E-state index contributed by atoms with van der Waals surface area (Å²) in [4.78, 5) is 39.4. The Bertz CT molecular complexity index is 743. The van der Waals surface area contributed by atoms with Gasteiger partial charge < -0.3 is 20.3 Å². The molecule has 1 spiro atoms. The highest BCUT2D eigenvalue weighted by Gasteiger charge is 2.51. The number of carbonyl (C=O) groups is 3. The van der Waals surface area contributed by atoms with Crippen molar-refractivity contribution < 1.29 is 19.1 Å². The Hall–Kier alpha value is -2.77. The number of imide groups is 1. The van der Waals surface area contributed by atoms with Crippen molar-refractivity contribution in [3.63, 3.8) is 0 Å². The zero-order valence-corrected chi connectivity index (χ0v) is 15.9. The summed E-state index contributed by atoms with van der Waals surface area (Å²) in [7, 11) is 1.47. The smallest absolute Gasteiger partial charge is 0.324 e. The lowest BCUT2D eigenvalue weighted by Gasteiger charge is -2.37. The molecule has 0 aromatic heterocycles. The number of nitrogens with zero attached hydrogens (tertiary/aromatic N) is 2. The quantitative estimate of drug-likeness (QED) is 0.792. The molecule has 27 heavy (non-hydrogen) atoms. The molecule has 2 saturated heterocycles. The van der Waals surface area contributed by atoms with Gasteiger partial charge in [-0.2, -0.15) is 0 Å². The van der Waals surface area contributed by atoms with Gasteiger partial charge in [-0.3, -0.25) is 9.69 Å². The number of benzene rings is 1. The SMILES string of the molecule is CCC(C)Oc1cccc(NC(=O)N2CCC3(CC2)NC(=O)N(C)C3=O)c1. The molecule has 3 rings (SSSR count). The average Bonchev–Trinajstić information content (AvgIpc) is 2.86. The number of hydrogen-bond donors (Lipinski definition) is 2. The molecule has 2 fully saturated rings. The lowest BCUT2D eigenvalue weighted by molar-refractivity contribution is -0.131. The first kappa shape index (κ1) is 19.0. The number of rotatable bonds is 4. The minimum Gasteiger partial charge on any atom is -0.491 e. The van der Waals surface area contributed by atoms with E-state index in [9.17, 15) is 14.4 Å². The van der Waals surface area contributed by atoms with Crippen LogP contribution in [0.15, 0.2) is 24.3 Å². The van der Waals surface area contributed by atoms with Gasteiger partial charge in [-0.1, -0.05) is 13.0 Å². The molecule has 0 bridgehead atoms. The van der Waals surface area contributed by atoms with Crippen LogP contribution < -0.4 is 15.4 Å². The molecule has 2 N–H and O–H groups in total. The van der Waals surface area contributed by atoms with Crippen LogP contribution in [0.1, 0.15) is 33.1 Å². The average molecular weight is 374 g/mol. The molecule has 1 atom stereocenters. The summed E-state index contributed by atoms with van der Waals surface area (Å²) in [5, 5.41) is 5.65. The van der Waals surface area contributed by atoms with Gasteiger partial charge in [0.1, 0.15) is 11.3 Å². The van der Waals surface area contributed by atoms with Crippen molar-refractivity contribution in [2.24, 2.45) is 0 Å². The summed E-state index contributed by atoms with van der Waals surface area (Å²) in [5.74, 6) is 0.490. The highest BCUT2D eigenvalue weighted by atomic mass is 16.5. The van der Waals surface area contributed by atoms with E-state index >= 15 is 0 Å². The lowest BCUT2D eigenvalue weighted by Crippen LogP contribution is -2.56. The van der Waals surface area contributed by atoms with Gasteiger partial charge in [-0.15, -0.1) is 0 Å². The number of ether oxygens (including phenoxy) is 1. The van der Waals surface area contributed by atoms with Crippen LogP contribution in [0.4, 0.5) is 15.3 Å². The highest BCUT2D eigenvalue weighted by molar-refractivity contribution is 6.07. The second kappa shape index (κ2) is 7.46. The molecule has 146 valence electrons. The van der Waals surface area contributed by atoms with E-state index in [1.165, 1.54) is 7.05 Å². The topological polar surface area (TPSA) is 91.0 Å². The summed E-state index contributed by atoms with van der Waals surface area (Å²) in [6.45, 7) is 4.84. The first-order valence-electron chi connectivity index (χ1n) is 9.27. The van der Waals surface area contributed by atoms with E-state index in [1.54, 1.807) is 11.0 Å². The third kappa shape index (κ3) is 3.84. The number of hydrogen-bond acceptors (Lipinski definition) is 4. The number of anilines is 1. The molecule has 1 unspecified atom stereocenters. The third-order valence-electron chi connectivity index (χ3n) is 5.27. The summed E-state index contributed by atoms with van der Waals surface area (Å²) >= 11 is 0. The van der Waals surface area contributed by atoms with Crippen molar-refractivity contribution in [2.45, 2.75) is 44.8 Å². The van der Waals surface area contributed by atoms with Gasteiger partial charge in [0.25, 0.3) is 5.91 Å². The van der Waals surface area contributed by atoms with Gasteiger partial charge >= 0.3 is 12.1 Å². The minimum atomic E-state index is -0.868. The van der Waals surface area contributed by atoms with Crippen molar-refractivity contribution in [2.75, 3.05) is 25.5 Å². The normalized spacial score (nSPS) is 19.8. The van der Waals surface area contributed by atoms with E-state index in [-0.39, 0.29) is 24.1 Å². The Morgan fingerprint density at radius 1 is 1.33 bits per heavy atom. The van der Waals surface area contributed by atoms with Crippen LogP contribution in [0.5, 0.6) is 5.75 Å². The molecule has 8 heteroatoms. The van der Waals surface area contributed by atoms with Crippen molar-refractivity contribution in [3.8, 4) is 5.75 Å². The monoisotopic (exact) mass is 374 g/mol. The largest absolute Gasteiger partial charge is 0.491 e. The van der Waals surface area contributed by atoms with Crippen molar-refractivity contribution in [3.05, 3.63) is 24.3 Å². The Morgan fingerprint density at radius 2 is 2.04 bits per heavy atom. The van der Waals surface area contributed by atoms with Gasteiger partial charge in [-0.25, -0.2) is 9.59 Å². The van der Waals surface area contributed by atoms with E-state index in [1.807, 2.05) is 25.1 Å². The maximum Gasteiger partial charge on any atom is 0.324 e. The molecule has 2 heterocycles. The molecule has 1 aromatic carbocycles. The summed E-state index contributed by atoms with van der Waals surface area (Å²) in [5.41, 5.74) is -0.210. The molecular formula is C19H26N4O4. The third-order valence-corrected chi connectivity index (χ3v) is 5.27. The van der Waals surface area contributed by atoms with E-state index < -0.39 is 5.54 Å². The van der Waals surface area contributed by atoms with E-state index in [0.717, 1.165) is 11.3 Å². The summed E-state index contributed by atoms with van der Waals surface area (Å²) < 4.78 is 5.78. The van der Waals surface area contributed by atoms with Crippen LogP contribution in [-0.4, -0.2) is 59.5 Å². The van der Waals surface area contributed by atoms with Gasteiger partial charge in [0.15, 0.2) is 0 Å². The first-order valence-corrected chi connectivity index (χ1v) is 9.27. The number of piperidine rings is 1. The predicted molar refractivity (Wildman–Crippen MR) is 101 cm³/mol. The van der Waals surface area contributed by atoms with Gasteiger partial charge in [-0.05, 0) is 38.3 Å². The van der Waals surface area contributed by atoms with Crippen LogP contribution in [0.2, 0.25) is 0 Å². The van der Waals surface area contributed by atoms with Crippen LogP contribution in [0.3, 0.4) is 0 Å². The van der Waals surface area contributed by atoms with Gasteiger partial charge in [0.05, 0.1) is 6.10 Å². The zero-order chi connectivity index (χ0) is 19.6. The Kier molecular flexibility index (Phi) is 5.25. The predicted octanol–water partition coefficient (Wildman–Crippen LogP) is 2.41. The van der Waals surface area contributed by atoms with Crippen molar-refractivity contribution >= 4 is 23.7 Å². The molecule has 0 saturated carbocycles. The molecule has 0 aliphatic carbocycles. The number of amides is 5. The Labute approximate surface area is 158 Å². The van der Waals surface area contributed by atoms with Gasteiger partial charge in [0, 0.05) is 31.9 Å². The number of urea groups is 2. The first-order chi connectivity index (χ1) is 12.8. The number of carbonyl (C=O) groups excluding carboxylic acids is 3. The fourth-order valence-electron chi connectivity index (χ4n) is 3.35. The fourth-order valence-corrected chi connectivity index (χ4v) is 3.35. The zero-order valence-electron chi connectivity index (χ0n) is 15.9.